The third-order valence-corrected chi connectivity index (χ3v) is 5.07. The van der Waals surface area contributed by atoms with Crippen molar-refractivity contribution in [3.8, 4) is 0 Å². The molecule has 12 heteroatoms. The summed E-state index contributed by atoms with van der Waals surface area (Å²) in [6.45, 7) is 1.76. The number of halogens is 6. The van der Waals surface area contributed by atoms with Gasteiger partial charge in [0.1, 0.15) is 5.69 Å². The molecule has 3 aromatic rings. The van der Waals surface area contributed by atoms with Gasteiger partial charge in [-0.1, -0.05) is 23.7 Å². The van der Waals surface area contributed by atoms with Gasteiger partial charge in [-0.3, -0.25) is 15.2 Å². The Balaban J connectivity index is 1.87. The van der Waals surface area contributed by atoms with E-state index in [1.165, 1.54) is 7.05 Å². The number of H-pyrrole nitrogens is 1. The predicted octanol–water partition coefficient (Wildman–Crippen LogP) is 5.18. The van der Waals surface area contributed by atoms with Crippen molar-refractivity contribution >= 4 is 23.3 Å². The molecule has 1 heterocycles. The number of nitrogens with zero attached hydrogens (tertiary/aromatic N) is 2. The van der Waals surface area contributed by atoms with Crippen molar-refractivity contribution in [3.63, 3.8) is 0 Å². The largest absolute Gasteiger partial charge is 0.432 e. The Labute approximate surface area is 190 Å². The van der Waals surface area contributed by atoms with Crippen LogP contribution in [0.5, 0.6) is 0 Å². The summed E-state index contributed by atoms with van der Waals surface area (Å²) < 4.78 is 65.7. The first-order valence-electron chi connectivity index (χ1n) is 9.58. The average Bonchev–Trinajstić information content (AvgIpc) is 3.24. The molecule has 1 aromatic heterocycles. The fourth-order valence-corrected chi connectivity index (χ4v) is 3.09. The molecular weight excluding hydrogens is 469 g/mol. The van der Waals surface area contributed by atoms with Crippen LogP contribution in [0.2, 0.25) is 5.02 Å². The third kappa shape index (κ3) is 5.99. The van der Waals surface area contributed by atoms with Gasteiger partial charge in [0.05, 0.1) is 0 Å². The minimum Gasteiger partial charge on any atom is -0.336 e. The Hall–Kier alpha value is -3.18. The number of nitrogens with one attached hydrogen (secondary N) is 3. The fourth-order valence-electron chi connectivity index (χ4n) is 2.97. The van der Waals surface area contributed by atoms with Crippen molar-refractivity contribution in [2.24, 2.45) is 0 Å². The standard InChI is InChI=1S/C21H19ClF5N5O/c1-11(12-3-6-14(22)7-4-12)28-20(29-18-10-17(30-31-18)21(25,26)27)32(2)19(33)13-5-8-15(23)16(24)9-13/h3-11,20,28H,1-2H3,(H2,29,30,31). The van der Waals surface area contributed by atoms with E-state index >= 15 is 0 Å². The zero-order valence-electron chi connectivity index (χ0n) is 17.3. The minimum atomic E-state index is -4.64. The Kier molecular flexibility index (Phi) is 7.23. The number of alkyl halides is 3. The van der Waals surface area contributed by atoms with E-state index in [4.69, 9.17) is 11.6 Å². The van der Waals surface area contributed by atoms with Crippen LogP contribution in [-0.2, 0) is 6.18 Å². The number of anilines is 1. The monoisotopic (exact) mass is 487 g/mol. The van der Waals surface area contributed by atoms with Crippen molar-refractivity contribution < 1.29 is 26.7 Å². The second-order valence-corrected chi connectivity index (χ2v) is 7.63. The first-order valence-corrected chi connectivity index (χ1v) is 9.96. The first kappa shape index (κ1) is 24.5. The molecule has 0 fully saturated rings. The van der Waals surface area contributed by atoms with Crippen LogP contribution in [-0.4, -0.2) is 34.3 Å². The Bertz CT molecular complexity index is 1120. The summed E-state index contributed by atoms with van der Waals surface area (Å²) in [6.07, 6.45) is -5.72. The lowest BCUT2D eigenvalue weighted by Crippen LogP contribution is -2.52. The molecule has 3 rings (SSSR count). The number of amides is 1. The number of hydrogen-bond donors (Lipinski definition) is 3. The molecule has 0 aliphatic carbocycles. The fraction of sp³-hybridized carbons (Fsp3) is 0.238. The molecule has 1 amide bonds. The van der Waals surface area contributed by atoms with Crippen molar-refractivity contribution in [2.45, 2.75) is 25.4 Å². The Morgan fingerprint density at radius 1 is 1.09 bits per heavy atom. The number of rotatable bonds is 7. The summed E-state index contributed by atoms with van der Waals surface area (Å²) in [5, 5.41) is 11.8. The molecule has 0 spiro atoms. The molecule has 0 saturated carbocycles. The van der Waals surface area contributed by atoms with E-state index in [0.29, 0.717) is 5.02 Å². The summed E-state index contributed by atoms with van der Waals surface area (Å²) in [4.78, 5) is 14.0. The lowest BCUT2D eigenvalue weighted by atomic mass is 10.1. The first-order chi connectivity index (χ1) is 15.5. The van der Waals surface area contributed by atoms with E-state index in [0.717, 1.165) is 34.7 Å². The number of carbonyl (C=O) groups is 1. The highest BCUT2D eigenvalue weighted by atomic mass is 35.5. The number of aromatic amines is 1. The van der Waals surface area contributed by atoms with Crippen LogP contribution >= 0.6 is 11.6 Å². The maximum atomic E-state index is 13.6. The van der Waals surface area contributed by atoms with Gasteiger partial charge in [-0.25, -0.2) is 8.78 Å². The molecule has 6 nitrogen and oxygen atoms in total. The van der Waals surface area contributed by atoms with Crippen molar-refractivity contribution in [1.82, 2.24) is 20.4 Å². The van der Waals surface area contributed by atoms with Crippen LogP contribution in [0.25, 0.3) is 0 Å². The maximum absolute atomic E-state index is 13.6. The molecule has 0 radical (unpaired) electrons. The Morgan fingerprint density at radius 3 is 2.33 bits per heavy atom. The Morgan fingerprint density at radius 2 is 1.76 bits per heavy atom. The topological polar surface area (TPSA) is 73.0 Å². The molecule has 2 unspecified atom stereocenters. The second-order valence-electron chi connectivity index (χ2n) is 7.20. The minimum absolute atomic E-state index is 0.151. The van der Waals surface area contributed by atoms with Crippen LogP contribution in [0.1, 0.15) is 34.6 Å². The van der Waals surface area contributed by atoms with Gasteiger partial charge in [0, 0.05) is 29.7 Å². The summed E-state index contributed by atoms with van der Waals surface area (Å²) in [5.41, 5.74) is -0.455. The molecule has 2 aromatic carbocycles. The van der Waals surface area contributed by atoms with E-state index in [-0.39, 0.29) is 11.4 Å². The highest BCUT2D eigenvalue weighted by Crippen LogP contribution is 2.29. The molecule has 176 valence electrons. The van der Waals surface area contributed by atoms with E-state index < -0.39 is 41.7 Å². The number of aromatic nitrogens is 2. The normalized spacial score (nSPS) is 13.5. The van der Waals surface area contributed by atoms with E-state index in [9.17, 15) is 26.7 Å². The van der Waals surface area contributed by atoms with Gasteiger partial charge in [-0.05, 0) is 42.8 Å². The van der Waals surface area contributed by atoms with Gasteiger partial charge in [-0.15, -0.1) is 0 Å². The highest BCUT2D eigenvalue weighted by molar-refractivity contribution is 6.30. The summed E-state index contributed by atoms with van der Waals surface area (Å²) in [6, 6.07) is 9.81. The summed E-state index contributed by atoms with van der Waals surface area (Å²) in [5.74, 6) is -3.22. The highest BCUT2D eigenvalue weighted by Gasteiger charge is 2.33. The SMILES string of the molecule is CC(NC(Nc1cc(C(F)(F)F)[nH]n1)N(C)C(=O)c1ccc(F)c(F)c1)c1ccc(Cl)cc1. The van der Waals surface area contributed by atoms with E-state index in [2.05, 4.69) is 15.7 Å². The van der Waals surface area contributed by atoms with Crippen LogP contribution in [0.4, 0.5) is 27.8 Å². The zero-order valence-corrected chi connectivity index (χ0v) is 18.1. The zero-order chi connectivity index (χ0) is 24.3. The molecule has 0 aliphatic heterocycles. The second kappa shape index (κ2) is 9.75. The van der Waals surface area contributed by atoms with Crippen molar-refractivity contribution in [2.75, 3.05) is 12.4 Å². The lowest BCUT2D eigenvalue weighted by Gasteiger charge is -2.32. The van der Waals surface area contributed by atoms with Gasteiger partial charge in [-0.2, -0.15) is 18.3 Å². The molecular formula is C21H19ClF5N5O. The number of hydrogen-bond acceptors (Lipinski definition) is 4. The van der Waals surface area contributed by atoms with Crippen molar-refractivity contribution in [1.29, 1.82) is 0 Å². The molecule has 0 saturated heterocycles. The summed E-state index contributed by atoms with van der Waals surface area (Å²) in [7, 11) is 1.35. The smallest absolute Gasteiger partial charge is 0.336 e. The predicted molar refractivity (Wildman–Crippen MR) is 112 cm³/mol. The van der Waals surface area contributed by atoms with Crippen LogP contribution in [0, 0.1) is 11.6 Å². The van der Waals surface area contributed by atoms with Gasteiger partial charge in [0.2, 0.25) is 0 Å². The van der Waals surface area contributed by atoms with Gasteiger partial charge < -0.3 is 10.2 Å². The molecule has 33 heavy (non-hydrogen) atoms. The van der Waals surface area contributed by atoms with Crippen LogP contribution < -0.4 is 10.6 Å². The van der Waals surface area contributed by atoms with Gasteiger partial charge >= 0.3 is 6.18 Å². The average molecular weight is 488 g/mol. The number of carbonyl (C=O) groups excluding carboxylic acids is 1. The molecule has 0 bridgehead atoms. The van der Waals surface area contributed by atoms with Crippen molar-refractivity contribution in [3.05, 3.63) is 82.0 Å². The maximum Gasteiger partial charge on any atom is 0.432 e. The molecule has 3 N–H and O–H groups in total. The summed E-state index contributed by atoms with van der Waals surface area (Å²) >= 11 is 5.91. The van der Waals surface area contributed by atoms with Gasteiger partial charge in [0.15, 0.2) is 23.7 Å². The van der Waals surface area contributed by atoms with Crippen LogP contribution in [0.15, 0.2) is 48.5 Å². The van der Waals surface area contributed by atoms with Gasteiger partial charge in [0.25, 0.3) is 5.91 Å². The quantitative estimate of drug-likeness (QED) is 0.317. The molecule has 2 atom stereocenters. The third-order valence-electron chi connectivity index (χ3n) is 4.82. The van der Waals surface area contributed by atoms with E-state index in [1.54, 1.807) is 31.2 Å². The number of benzene rings is 2. The lowest BCUT2D eigenvalue weighted by molar-refractivity contribution is -0.141. The van der Waals surface area contributed by atoms with Crippen LogP contribution in [0.3, 0.4) is 0 Å². The van der Waals surface area contributed by atoms with E-state index in [1.807, 2.05) is 5.10 Å². The molecule has 0 aliphatic rings.